The van der Waals surface area contributed by atoms with Crippen LogP contribution in [-0.2, 0) is 28.6 Å². The molecule has 6 heteroatoms. The van der Waals surface area contributed by atoms with E-state index in [1.54, 1.807) is 18.3 Å². The molecule has 0 radical (unpaired) electrons. The number of nitrogens with one attached hydrogen (secondary N) is 1. The number of aryl methyl sites for hydroxylation is 1. The molecule has 19 heavy (non-hydrogen) atoms. The molecular formula is C13H22N2O2S2. The van der Waals surface area contributed by atoms with Gasteiger partial charge in [-0.25, -0.2) is 13.4 Å². The van der Waals surface area contributed by atoms with Gasteiger partial charge in [0.15, 0.2) is 9.84 Å². The highest BCUT2D eigenvalue weighted by Crippen LogP contribution is 2.24. The van der Waals surface area contributed by atoms with Gasteiger partial charge < -0.3 is 5.32 Å². The molecule has 1 saturated carbocycles. The molecule has 1 aromatic heterocycles. The molecule has 1 aromatic rings. The van der Waals surface area contributed by atoms with Crippen LogP contribution < -0.4 is 5.32 Å². The minimum absolute atomic E-state index is 0.0916. The Morgan fingerprint density at radius 2 is 2.11 bits per heavy atom. The Kier molecular flexibility index (Phi) is 4.97. The van der Waals surface area contributed by atoms with Gasteiger partial charge in [0.2, 0.25) is 0 Å². The minimum Gasteiger partial charge on any atom is -0.309 e. The lowest BCUT2D eigenvalue weighted by Gasteiger charge is -2.01. The van der Waals surface area contributed by atoms with E-state index in [9.17, 15) is 8.42 Å². The third-order valence-corrected chi connectivity index (χ3v) is 6.09. The summed E-state index contributed by atoms with van der Waals surface area (Å²) in [6, 6.07) is 0.666. The molecule has 4 nitrogen and oxygen atoms in total. The van der Waals surface area contributed by atoms with Crippen molar-refractivity contribution in [2.24, 2.45) is 0 Å². The number of hydrogen-bond acceptors (Lipinski definition) is 5. The fraction of sp³-hybridized carbons (Fsp3) is 0.769. The van der Waals surface area contributed by atoms with Crippen molar-refractivity contribution in [3.8, 4) is 0 Å². The fourth-order valence-electron chi connectivity index (χ4n) is 1.88. The fourth-order valence-corrected chi connectivity index (χ4v) is 4.16. The lowest BCUT2D eigenvalue weighted by atomic mass is 10.2. The van der Waals surface area contributed by atoms with E-state index in [0.29, 0.717) is 6.04 Å². The van der Waals surface area contributed by atoms with Gasteiger partial charge in [-0.15, -0.1) is 11.3 Å². The second-order valence-electron chi connectivity index (χ2n) is 5.06. The summed E-state index contributed by atoms with van der Waals surface area (Å²) in [7, 11) is -2.98. The molecule has 0 saturated heterocycles. The molecule has 0 spiro atoms. The maximum Gasteiger partial charge on any atom is 0.156 e. The van der Waals surface area contributed by atoms with E-state index in [-0.39, 0.29) is 11.5 Å². The van der Waals surface area contributed by atoms with Gasteiger partial charge in [-0.2, -0.15) is 0 Å². The molecule has 0 amide bonds. The van der Waals surface area contributed by atoms with Gasteiger partial charge in [0, 0.05) is 23.2 Å². The minimum atomic E-state index is -2.98. The lowest BCUT2D eigenvalue weighted by Crippen LogP contribution is -2.15. The Bertz CT molecular complexity index is 519. The van der Waals surface area contributed by atoms with Gasteiger partial charge >= 0.3 is 0 Å². The Balaban J connectivity index is 2.08. The van der Waals surface area contributed by atoms with Crippen LogP contribution in [0.15, 0.2) is 0 Å². The SMILES string of the molecule is CCCc1nc(CS(=O)(=O)CC)sc1CNC1CC1. The van der Waals surface area contributed by atoms with Crippen molar-refractivity contribution in [3.63, 3.8) is 0 Å². The Morgan fingerprint density at radius 1 is 1.37 bits per heavy atom. The number of sulfone groups is 1. The summed E-state index contributed by atoms with van der Waals surface area (Å²) in [6.45, 7) is 4.65. The summed E-state index contributed by atoms with van der Waals surface area (Å²) >= 11 is 1.56. The third-order valence-electron chi connectivity index (χ3n) is 3.22. The summed E-state index contributed by atoms with van der Waals surface area (Å²) in [5.74, 6) is 0.277. The van der Waals surface area contributed by atoms with Gasteiger partial charge in [-0.1, -0.05) is 20.3 Å². The quantitative estimate of drug-likeness (QED) is 0.800. The largest absolute Gasteiger partial charge is 0.309 e. The maximum absolute atomic E-state index is 11.7. The Morgan fingerprint density at radius 3 is 2.68 bits per heavy atom. The van der Waals surface area contributed by atoms with Crippen molar-refractivity contribution in [1.29, 1.82) is 0 Å². The molecule has 108 valence electrons. The van der Waals surface area contributed by atoms with Crippen LogP contribution in [0, 0.1) is 0 Å². The van der Waals surface area contributed by atoms with E-state index in [4.69, 9.17) is 0 Å². The Hall–Kier alpha value is -0.460. The number of aromatic nitrogens is 1. The molecule has 1 fully saturated rings. The molecule has 2 rings (SSSR count). The summed E-state index contributed by atoms with van der Waals surface area (Å²) < 4.78 is 23.3. The summed E-state index contributed by atoms with van der Waals surface area (Å²) in [5.41, 5.74) is 1.09. The molecular weight excluding hydrogens is 280 g/mol. The van der Waals surface area contributed by atoms with E-state index in [1.807, 2.05) is 0 Å². The topological polar surface area (TPSA) is 59.1 Å². The highest BCUT2D eigenvalue weighted by molar-refractivity contribution is 7.90. The molecule has 1 aliphatic rings. The predicted molar refractivity (Wildman–Crippen MR) is 79.1 cm³/mol. The summed E-state index contributed by atoms with van der Waals surface area (Å²) in [5, 5.41) is 4.23. The summed E-state index contributed by atoms with van der Waals surface area (Å²) in [6.07, 6.45) is 4.50. The molecule has 0 aliphatic heterocycles. The first-order valence-electron chi connectivity index (χ1n) is 6.95. The van der Waals surface area contributed by atoms with Crippen molar-refractivity contribution >= 4 is 21.2 Å². The van der Waals surface area contributed by atoms with Crippen molar-refractivity contribution in [2.45, 2.75) is 57.9 Å². The van der Waals surface area contributed by atoms with Crippen LogP contribution in [0.2, 0.25) is 0 Å². The van der Waals surface area contributed by atoms with E-state index < -0.39 is 9.84 Å². The molecule has 1 N–H and O–H groups in total. The number of thiazole rings is 1. The van der Waals surface area contributed by atoms with Crippen molar-refractivity contribution < 1.29 is 8.42 Å². The monoisotopic (exact) mass is 302 g/mol. The van der Waals surface area contributed by atoms with Crippen LogP contribution in [0.3, 0.4) is 0 Å². The number of hydrogen-bond donors (Lipinski definition) is 1. The number of nitrogens with zero attached hydrogens (tertiary/aromatic N) is 1. The van der Waals surface area contributed by atoms with Crippen molar-refractivity contribution in [2.75, 3.05) is 5.75 Å². The summed E-state index contributed by atoms with van der Waals surface area (Å²) in [4.78, 5) is 5.75. The molecule has 1 heterocycles. The first kappa shape index (κ1) is 14.9. The zero-order chi connectivity index (χ0) is 13.9. The smallest absolute Gasteiger partial charge is 0.156 e. The van der Waals surface area contributed by atoms with Gasteiger partial charge in [-0.05, 0) is 19.3 Å². The molecule has 0 unspecified atom stereocenters. The van der Waals surface area contributed by atoms with Gasteiger partial charge in [0.25, 0.3) is 0 Å². The van der Waals surface area contributed by atoms with Crippen molar-refractivity contribution in [1.82, 2.24) is 10.3 Å². The van der Waals surface area contributed by atoms with E-state index in [1.165, 1.54) is 17.7 Å². The highest BCUT2D eigenvalue weighted by atomic mass is 32.2. The second kappa shape index (κ2) is 6.33. The van der Waals surface area contributed by atoms with Gasteiger partial charge in [0.1, 0.15) is 10.8 Å². The standard InChI is InChI=1S/C13H22N2O2S2/c1-3-5-11-12(8-14-10-6-7-10)18-13(15-11)9-19(16,17)4-2/h10,14H,3-9H2,1-2H3. The van der Waals surface area contributed by atoms with E-state index >= 15 is 0 Å². The maximum atomic E-state index is 11.7. The predicted octanol–water partition coefficient (Wildman–Crippen LogP) is 2.28. The average Bonchev–Trinajstić information content (AvgIpc) is 3.11. The molecule has 0 atom stereocenters. The van der Waals surface area contributed by atoms with Gasteiger partial charge in [0.05, 0.1) is 5.69 Å². The molecule has 0 bridgehead atoms. The molecule has 1 aliphatic carbocycles. The first-order valence-corrected chi connectivity index (χ1v) is 9.59. The van der Waals surface area contributed by atoms with Crippen LogP contribution in [0.5, 0.6) is 0 Å². The zero-order valence-electron chi connectivity index (χ0n) is 11.6. The zero-order valence-corrected chi connectivity index (χ0v) is 13.2. The Labute approximate surface area is 119 Å². The number of rotatable bonds is 8. The normalized spacial score (nSPS) is 15.9. The van der Waals surface area contributed by atoms with Crippen LogP contribution in [-0.4, -0.2) is 25.2 Å². The van der Waals surface area contributed by atoms with E-state index in [0.717, 1.165) is 30.1 Å². The first-order chi connectivity index (χ1) is 9.04. The third kappa shape index (κ3) is 4.54. The van der Waals surface area contributed by atoms with Crippen LogP contribution in [0.25, 0.3) is 0 Å². The lowest BCUT2D eigenvalue weighted by molar-refractivity contribution is 0.596. The van der Waals surface area contributed by atoms with E-state index in [2.05, 4.69) is 17.2 Å². The molecule has 0 aromatic carbocycles. The van der Waals surface area contributed by atoms with Crippen LogP contribution >= 0.6 is 11.3 Å². The van der Waals surface area contributed by atoms with Crippen LogP contribution in [0.4, 0.5) is 0 Å². The second-order valence-corrected chi connectivity index (χ2v) is 8.58. The average molecular weight is 302 g/mol. The van der Waals surface area contributed by atoms with Crippen LogP contribution in [0.1, 0.15) is 48.7 Å². The van der Waals surface area contributed by atoms with Crippen molar-refractivity contribution in [3.05, 3.63) is 15.6 Å². The highest BCUT2D eigenvalue weighted by Gasteiger charge is 2.22. The van der Waals surface area contributed by atoms with Gasteiger partial charge in [-0.3, -0.25) is 0 Å².